The Kier molecular flexibility index (Phi) is 4.37. The molecule has 0 saturated carbocycles. The van der Waals surface area contributed by atoms with Gasteiger partial charge in [-0.05, 0) is 33.6 Å². The van der Waals surface area contributed by atoms with Crippen LogP contribution in [0.2, 0.25) is 0 Å². The van der Waals surface area contributed by atoms with Gasteiger partial charge < -0.3 is 14.3 Å². The molecule has 0 aliphatic carbocycles. The number of likely N-dealkylation sites (tertiary alicyclic amines) is 2. The van der Waals surface area contributed by atoms with Gasteiger partial charge in [0.2, 0.25) is 17.7 Å². The summed E-state index contributed by atoms with van der Waals surface area (Å²) in [5, 5.41) is 3.84. The van der Waals surface area contributed by atoms with Crippen molar-refractivity contribution in [2.75, 3.05) is 19.6 Å². The minimum absolute atomic E-state index is 0.0828. The Labute approximate surface area is 136 Å². The van der Waals surface area contributed by atoms with Gasteiger partial charge in [-0.2, -0.15) is 4.98 Å². The molecule has 0 spiro atoms. The summed E-state index contributed by atoms with van der Waals surface area (Å²) < 4.78 is 5.26. The van der Waals surface area contributed by atoms with Crippen LogP contribution in [0.3, 0.4) is 0 Å². The molecule has 2 saturated heterocycles. The standard InChI is InChI=1S/C16H24N4O3/c1-10(2)20-9-13(7-14(20)21)16(22)19-6-4-5-12(8-19)15-17-11(3)18-23-15/h10,12-13H,4-9H2,1-3H3/t12-,13+/m0/s1. The van der Waals surface area contributed by atoms with Crippen LogP contribution in [0.4, 0.5) is 0 Å². The zero-order valence-corrected chi connectivity index (χ0v) is 14.0. The van der Waals surface area contributed by atoms with Crippen LogP contribution in [-0.2, 0) is 9.59 Å². The number of aryl methyl sites for hydroxylation is 1. The van der Waals surface area contributed by atoms with Crippen LogP contribution in [0, 0.1) is 12.8 Å². The van der Waals surface area contributed by atoms with Crippen molar-refractivity contribution >= 4 is 11.8 Å². The van der Waals surface area contributed by atoms with Crippen LogP contribution >= 0.6 is 0 Å². The Morgan fingerprint density at radius 2 is 2.13 bits per heavy atom. The minimum atomic E-state index is -0.215. The zero-order chi connectivity index (χ0) is 16.6. The fourth-order valence-electron chi connectivity index (χ4n) is 3.51. The van der Waals surface area contributed by atoms with Crippen molar-refractivity contribution in [2.24, 2.45) is 5.92 Å². The molecule has 2 amide bonds. The second-order valence-electron chi connectivity index (χ2n) is 6.84. The SMILES string of the molecule is Cc1noc([C@H]2CCCN(C(=O)[C@@H]3CC(=O)N(C(C)C)C3)C2)n1. The number of piperidine rings is 1. The minimum Gasteiger partial charge on any atom is -0.342 e. The van der Waals surface area contributed by atoms with Gasteiger partial charge in [0, 0.05) is 32.1 Å². The van der Waals surface area contributed by atoms with Gasteiger partial charge in [0.1, 0.15) is 0 Å². The molecule has 2 aliphatic rings. The van der Waals surface area contributed by atoms with Gasteiger partial charge in [-0.15, -0.1) is 0 Å². The van der Waals surface area contributed by atoms with Gasteiger partial charge in [0.05, 0.1) is 11.8 Å². The smallest absolute Gasteiger partial charge is 0.231 e. The number of hydrogen-bond acceptors (Lipinski definition) is 5. The number of rotatable bonds is 3. The molecule has 2 fully saturated rings. The lowest BCUT2D eigenvalue weighted by atomic mass is 9.96. The summed E-state index contributed by atoms with van der Waals surface area (Å²) >= 11 is 0. The molecule has 0 unspecified atom stereocenters. The van der Waals surface area contributed by atoms with Crippen LogP contribution in [0.5, 0.6) is 0 Å². The van der Waals surface area contributed by atoms with Crippen molar-refractivity contribution in [3.63, 3.8) is 0 Å². The molecule has 3 rings (SSSR count). The third kappa shape index (κ3) is 3.23. The van der Waals surface area contributed by atoms with E-state index in [1.807, 2.05) is 18.7 Å². The lowest BCUT2D eigenvalue weighted by Crippen LogP contribution is -2.43. The highest BCUT2D eigenvalue weighted by Crippen LogP contribution is 2.29. The molecule has 0 aromatic carbocycles. The van der Waals surface area contributed by atoms with Crippen molar-refractivity contribution in [1.29, 1.82) is 0 Å². The highest BCUT2D eigenvalue weighted by atomic mass is 16.5. The summed E-state index contributed by atoms with van der Waals surface area (Å²) in [5.74, 6) is 1.30. The van der Waals surface area contributed by atoms with E-state index in [4.69, 9.17) is 4.52 Å². The molecule has 23 heavy (non-hydrogen) atoms. The Balaban J connectivity index is 1.65. The molecular formula is C16H24N4O3. The summed E-state index contributed by atoms with van der Waals surface area (Å²) in [4.78, 5) is 32.8. The van der Waals surface area contributed by atoms with Gasteiger partial charge in [-0.3, -0.25) is 9.59 Å². The predicted octanol–water partition coefficient (Wildman–Crippen LogP) is 1.34. The number of amides is 2. The van der Waals surface area contributed by atoms with Gasteiger partial charge in [0.25, 0.3) is 0 Å². The summed E-state index contributed by atoms with van der Waals surface area (Å²) in [6.45, 7) is 7.65. The Morgan fingerprint density at radius 1 is 1.35 bits per heavy atom. The molecule has 0 N–H and O–H groups in total. The van der Waals surface area contributed by atoms with E-state index in [1.54, 1.807) is 11.8 Å². The first-order chi connectivity index (χ1) is 11.0. The highest BCUT2D eigenvalue weighted by Gasteiger charge is 2.39. The summed E-state index contributed by atoms with van der Waals surface area (Å²) in [5.41, 5.74) is 0. The fourth-order valence-corrected chi connectivity index (χ4v) is 3.51. The molecule has 7 nitrogen and oxygen atoms in total. The van der Waals surface area contributed by atoms with Crippen LogP contribution < -0.4 is 0 Å². The molecule has 0 radical (unpaired) electrons. The zero-order valence-electron chi connectivity index (χ0n) is 14.0. The number of carbonyl (C=O) groups is 2. The van der Waals surface area contributed by atoms with Crippen LogP contribution in [0.1, 0.15) is 50.7 Å². The molecule has 2 aliphatic heterocycles. The Hall–Kier alpha value is -1.92. The monoisotopic (exact) mass is 320 g/mol. The van der Waals surface area contributed by atoms with Gasteiger partial charge in [-0.25, -0.2) is 0 Å². The fraction of sp³-hybridized carbons (Fsp3) is 0.750. The highest BCUT2D eigenvalue weighted by molar-refractivity contribution is 5.89. The molecule has 3 heterocycles. The van der Waals surface area contributed by atoms with Crippen LogP contribution in [0.15, 0.2) is 4.52 Å². The normalized spacial score (nSPS) is 25.5. The molecule has 2 atom stereocenters. The molecule has 126 valence electrons. The van der Waals surface area contributed by atoms with Gasteiger partial charge in [-0.1, -0.05) is 5.16 Å². The molecular weight excluding hydrogens is 296 g/mol. The van der Waals surface area contributed by atoms with E-state index in [9.17, 15) is 9.59 Å². The third-order valence-corrected chi connectivity index (χ3v) is 4.76. The number of carbonyl (C=O) groups excluding carboxylic acids is 2. The maximum atomic E-state index is 12.8. The lowest BCUT2D eigenvalue weighted by Gasteiger charge is -2.32. The van der Waals surface area contributed by atoms with E-state index in [1.165, 1.54) is 0 Å². The van der Waals surface area contributed by atoms with E-state index in [2.05, 4.69) is 10.1 Å². The first-order valence-corrected chi connectivity index (χ1v) is 8.34. The summed E-state index contributed by atoms with van der Waals surface area (Å²) in [7, 11) is 0. The molecule has 1 aromatic rings. The first-order valence-electron chi connectivity index (χ1n) is 8.34. The van der Waals surface area contributed by atoms with Crippen molar-refractivity contribution in [3.05, 3.63) is 11.7 Å². The second kappa shape index (κ2) is 6.29. The van der Waals surface area contributed by atoms with Crippen LogP contribution in [-0.4, -0.2) is 57.4 Å². The number of nitrogens with zero attached hydrogens (tertiary/aromatic N) is 4. The van der Waals surface area contributed by atoms with E-state index in [0.29, 0.717) is 31.2 Å². The molecule has 7 heteroatoms. The van der Waals surface area contributed by atoms with E-state index < -0.39 is 0 Å². The maximum Gasteiger partial charge on any atom is 0.231 e. The third-order valence-electron chi connectivity index (χ3n) is 4.76. The number of aromatic nitrogens is 2. The maximum absolute atomic E-state index is 12.8. The predicted molar refractivity (Wildman–Crippen MR) is 82.5 cm³/mol. The van der Waals surface area contributed by atoms with E-state index >= 15 is 0 Å². The summed E-state index contributed by atoms with van der Waals surface area (Å²) in [6.07, 6.45) is 2.21. The first kappa shape index (κ1) is 16.0. The largest absolute Gasteiger partial charge is 0.342 e. The lowest BCUT2D eigenvalue weighted by molar-refractivity contribution is -0.137. The topological polar surface area (TPSA) is 79.5 Å². The Bertz CT molecular complexity index is 598. The van der Waals surface area contributed by atoms with Gasteiger partial charge >= 0.3 is 0 Å². The average molecular weight is 320 g/mol. The van der Waals surface area contributed by atoms with E-state index in [-0.39, 0.29) is 29.7 Å². The van der Waals surface area contributed by atoms with Crippen molar-refractivity contribution in [3.8, 4) is 0 Å². The Morgan fingerprint density at radius 3 is 2.74 bits per heavy atom. The average Bonchev–Trinajstić information content (AvgIpc) is 3.13. The van der Waals surface area contributed by atoms with Crippen molar-refractivity contribution < 1.29 is 14.1 Å². The van der Waals surface area contributed by atoms with Crippen molar-refractivity contribution in [1.82, 2.24) is 19.9 Å². The number of hydrogen-bond donors (Lipinski definition) is 0. The second-order valence-corrected chi connectivity index (χ2v) is 6.84. The molecule has 1 aromatic heterocycles. The van der Waals surface area contributed by atoms with Gasteiger partial charge in [0.15, 0.2) is 5.82 Å². The molecule has 0 bridgehead atoms. The van der Waals surface area contributed by atoms with E-state index in [0.717, 1.165) is 19.4 Å². The van der Waals surface area contributed by atoms with Crippen LogP contribution in [0.25, 0.3) is 0 Å². The quantitative estimate of drug-likeness (QED) is 0.839. The van der Waals surface area contributed by atoms with Crippen molar-refractivity contribution in [2.45, 2.75) is 52.0 Å². The summed E-state index contributed by atoms with van der Waals surface area (Å²) in [6, 6.07) is 0.149.